The maximum atomic E-state index is 12.1. The molecule has 1 unspecified atom stereocenters. The zero-order valence-corrected chi connectivity index (χ0v) is 12.1. The predicted molar refractivity (Wildman–Crippen MR) is 71.6 cm³/mol. The van der Waals surface area contributed by atoms with E-state index in [4.69, 9.17) is 0 Å². The zero-order valence-electron chi connectivity index (χ0n) is 12.1. The Bertz CT molecular complexity index is 418. The van der Waals surface area contributed by atoms with Crippen LogP contribution >= 0.6 is 0 Å². The molecule has 1 aliphatic heterocycles. The van der Waals surface area contributed by atoms with Gasteiger partial charge in [-0.05, 0) is 20.3 Å². The molecule has 0 aromatic carbocycles. The number of likely N-dealkylation sites (N-methyl/N-ethyl adjacent to an activating group) is 1. The number of carbonyl (C=O) groups excluding carboxylic acids is 4. The van der Waals surface area contributed by atoms with Crippen molar-refractivity contribution in [1.82, 2.24) is 15.1 Å². The van der Waals surface area contributed by atoms with Gasteiger partial charge in [0.05, 0.1) is 0 Å². The first-order chi connectivity index (χ1) is 9.46. The Morgan fingerprint density at radius 1 is 1.20 bits per heavy atom. The Morgan fingerprint density at radius 2 is 1.80 bits per heavy atom. The molecular formula is C13H21N3O4. The highest BCUT2D eigenvalue weighted by molar-refractivity contribution is 6.17. The smallest absolute Gasteiger partial charge is 0.331 e. The van der Waals surface area contributed by atoms with Crippen LogP contribution in [0, 0.1) is 5.92 Å². The van der Waals surface area contributed by atoms with E-state index in [0.717, 1.165) is 4.90 Å². The van der Waals surface area contributed by atoms with Crippen LogP contribution < -0.4 is 5.32 Å². The van der Waals surface area contributed by atoms with Crippen molar-refractivity contribution in [2.45, 2.75) is 33.6 Å². The van der Waals surface area contributed by atoms with E-state index in [1.54, 1.807) is 0 Å². The van der Waals surface area contributed by atoms with Gasteiger partial charge in [-0.15, -0.1) is 0 Å². The van der Waals surface area contributed by atoms with Gasteiger partial charge >= 0.3 is 6.03 Å². The van der Waals surface area contributed by atoms with E-state index in [9.17, 15) is 19.2 Å². The second-order valence-electron chi connectivity index (χ2n) is 4.63. The summed E-state index contributed by atoms with van der Waals surface area (Å²) < 4.78 is 0. The van der Waals surface area contributed by atoms with Crippen molar-refractivity contribution in [2.24, 2.45) is 5.92 Å². The molecule has 1 fully saturated rings. The Kier molecular flexibility index (Phi) is 5.66. The lowest BCUT2D eigenvalue weighted by Gasteiger charge is -2.31. The van der Waals surface area contributed by atoms with E-state index >= 15 is 0 Å². The van der Waals surface area contributed by atoms with Gasteiger partial charge in [-0.25, -0.2) is 4.79 Å². The highest BCUT2D eigenvalue weighted by atomic mass is 16.2. The quantitative estimate of drug-likeness (QED) is 0.713. The lowest BCUT2D eigenvalue weighted by atomic mass is 9.99. The molecule has 1 atom stereocenters. The molecule has 112 valence electrons. The molecule has 5 amide bonds. The zero-order chi connectivity index (χ0) is 15.3. The molecule has 1 N–H and O–H groups in total. The molecule has 1 aliphatic rings. The number of barbiturate groups is 1. The third kappa shape index (κ3) is 3.34. The van der Waals surface area contributed by atoms with Crippen LogP contribution in [0.15, 0.2) is 0 Å². The fourth-order valence-corrected chi connectivity index (χ4v) is 2.16. The first kappa shape index (κ1) is 16.1. The topological polar surface area (TPSA) is 86.8 Å². The summed E-state index contributed by atoms with van der Waals surface area (Å²) in [6, 6.07) is -0.812. The van der Waals surface area contributed by atoms with Crippen molar-refractivity contribution in [2.75, 3.05) is 19.6 Å². The van der Waals surface area contributed by atoms with Crippen molar-refractivity contribution >= 4 is 23.8 Å². The summed E-state index contributed by atoms with van der Waals surface area (Å²) in [4.78, 5) is 49.8. The van der Waals surface area contributed by atoms with Crippen molar-refractivity contribution in [3.05, 3.63) is 0 Å². The molecule has 1 heterocycles. The van der Waals surface area contributed by atoms with Crippen LogP contribution in [0.5, 0.6) is 0 Å². The van der Waals surface area contributed by atoms with Crippen LogP contribution in [0.4, 0.5) is 4.79 Å². The predicted octanol–water partition coefficient (Wildman–Crippen LogP) is 0.349. The van der Waals surface area contributed by atoms with Gasteiger partial charge in [0.15, 0.2) is 0 Å². The van der Waals surface area contributed by atoms with Crippen molar-refractivity contribution in [1.29, 1.82) is 0 Å². The van der Waals surface area contributed by atoms with Crippen molar-refractivity contribution in [3.63, 3.8) is 0 Å². The van der Waals surface area contributed by atoms with Gasteiger partial charge in [-0.2, -0.15) is 0 Å². The minimum Gasteiger partial charge on any atom is -0.342 e. The molecule has 1 rings (SSSR count). The third-order valence-electron chi connectivity index (χ3n) is 3.34. The van der Waals surface area contributed by atoms with Gasteiger partial charge in [0.25, 0.3) is 0 Å². The molecule has 7 nitrogen and oxygen atoms in total. The lowest BCUT2D eigenvalue weighted by molar-refractivity contribution is -0.146. The van der Waals surface area contributed by atoms with Gasteiger partial charge in [0, 0.05) is 13.1 Å². The maximum Gasteiger partial charge on any atom is 0.331 e. The van der Waals surface area contributed by atoms with E-state index in [-0.39, 0.29) is 12.5 Å². The summed E-state index contributed by atoms with van der Waals surface area (Å²) in [5.74, 6) is -2.33. The second-order valence-corrected chi connectivity index (χ2v) is 4.63. The SMILES string of the molecule is CCCC1C(=O)NC(=O)N(CC(=O)N(CC)CC)C1=O. The summed E-state index contributed by atoms with van der Waals surface area (Å²) in [6.07, 6.45) is 1.02. The van der Waals surface area contributed by atoms with Crippen LogP contribution in [0.3, 0.4) is 0 Å². The van der Waals surface area contributed by atoms with Crippen LogP contribution in [0.1, 0.15) is 33.6 Å². The number of amides is 5. The number of carbonyl (C=O) groups is 4. The largest absolute Gasteiger partial charge is 0.342 e. The Labute approximate surface area is 118 Å². The number of imide groups is 2. The Balaban J connectivity index is 2.82. The summed E-state index contributed by atoms with van der Waals surface area (Å²) in [5.41, 5.74) is 0. The lowest BCUT2D eigenvalue weighted by Crippen LogP contribution is -2.59. The van der Waals surface area contributed by atoms with Gasteiger partial charge < -0.3 is 4.90 Å². The number of nitrogens with one attached hydrogen (secondary N) is 1. The second kappa shape index (κ2) is 7.02. The standard InChI is InChI=1S/C13H21N3O4/c1-4-7-9-11(18)14-13(20)16(12(9)19)8-10(17)15(5-2)6-3/h9H,4-8H2,1-3H3,(H,14,18,20). The number of nitrogens with zero attached hydrogens (tertiary/aromatic N) is 2. The molecule has 1 saturated heterocycles. The highest BCUT2D eigenvalue weighted by Gasteiger charge is 2.40. The van der Waals surface area contributed by atoms with Gasteiger partial charge in [-0.1, -0.05) is 13.3 Å². The molecule has 7 heteroatoms. The summed E-state index contributed by atoms with van der Waals surface area (Å²) in [7, 11) is 0. The fourth-order valence-electron chi connectivity index (χ4n) is 2.16. The molecule has 0 bridgehead atoms. The molecule has 0 spiro atoms. The maximum absolute atomic E-state index is 12.1. The number of urea groups is 1. The normalized spacial score (nSPS) is 19.1. The summed E-state index contributed by atoms with van der Waals surface area (Å²) in [6.45, 7) is 6.20. The van der Waals surface area contributed by atoms with Crippen molar-refractivity contribution < 1.29 is 19.2 Å². The first-order valence-electron chi connectivity index (χ1n) is 6.90. The summed E-state index contributed by atoms with van der Waals surface area (Å²) in [5, 5.41) is 2.13. The number of rotatable bonds is 6. The van der Waals surface area contributed by atoms with Crippen LogP contribution in [0.2, 0.25) is 0 Å². The number of hydrogen-bond donors (Lipinski definition) is 1. The molecule has 0 aromatic rings. The first-order valence-corrected chi connectivity index (χ1v) is 6.90. The molecule has 0 aromatic heterocycles. The molecule has 0 saturated carbocycles. The molecular weight excluding hydrogens is 262 g/mol. The van der Waals surface area contributed by atoms with Crippen LogP contribution in [0.25, 0.3) is 0 Å². The van der Waals surface area contributed by atoms with Crippen LogP contribution in [-0.2, 0) is 14.4 Å². The van der Waals surface area contributed by atoms with E-state index in [1.807, 2.05) is 20.8 Å². The van der Waals surface area contributed by atoms with Gasteiger partial charge in [-0.3, -0.25) is 24.6 Å². The average Bonchev–Trinajstić information content (AvgIpc) is 2.41. The minimum absolute atomic E-state index is 0.303. The minimum atomic E-state index is -0.873. The molecule has 0 aliphatic carbocycles. The average molecular weight is 283 g/mol. The van der Waals surface area contributed by atoms with Crippen molar-refractivity contribution in [3.8, 4) is 0 Å². The monoisotopic (exact) mass is 283 g/mol. The molecule has 20 heavy (non-hydrogen) atoms. The third-order valence-corrected chi connectivity index (χ3v) is 3.34. The van der Waals surface area contributed by atoms with Gasteiger partial charge in [0.2, 0.25) is 17.7 Å². The number of hydrogen-bond acceptors (Lipinski definition) is 4. The van der Waals surface area contributed by atoms with Crippen LogP contribution in [-0.4, -0.2) is 53.2 Å². The van der Waals surface area contributed by atoms with E-state index in [0.29, 0.717) is 25.9 Å². The van der Waals surface area contributed by atoms with E-state index in [2.05, 4.69) is 5.32 Å². The fraction of sp³-hybridized carbons (Fsp3) is 0.692. The van der Waals surface area contributed by atoms with Gasteiger partial charge in [0.1, 0.15) is 12.5 Å². The highest BCUT2D eigenvalue weighted by Crippen LogP contribution is 2.16. The Hall–Kier alpha value is -1.92. The summed E-state index contributed by atoms with van der Waals surface area (Å²) >= 11 is 0. The Morgan fingerprint density at radius 3 is 2.30 bits per heavy atom. The van der Waals surface area contributed by atoms with E-state index < -0.39 is 23.8 Å². The molecule has 0 radical (unpaired) electrons. The van der Waals surface area contributed by atoms with E-state index in [1.165, 1.54) is 4.90 Å².